The Bertz CT molecular complexity index is 187. The van der Waals surface area contributed by atoms with E-state index in [2.05, 4.69) is 10.6 Å². The molecule has 1 atom stereocenters. The highest BCUT2D eigenvalue weighted by atomic mass is 16.3. The maximum absolute atomic E-state index is 11.2. The van der Waals surface area contributed by atoms with Crippen molar-refractivity contribution in [3.8, 4) is 0 Å². The zero-order valence-electron chi connectivity index (χ0n) is 9.08. The highest BCUT2D eigenvalue weighted by Gasteiger charge is 2.06. The molecule has 2 amide bonds. The molecule has 0 aliphatic carbocycles. The molecule has 14 heavy (non-hydrogen) atoms. The third-order valence-corrected chi connectivity index (χ3v) is 1.74. The van der Waals surface area contributed by atoms with Crippen molar-refractivity contribution in [3.05, 3.63) is 12.3 Å². The van der Waals surface area contributed by atoms with Crippen LogP contribution in [0.1, 0.15) is 27.2 Å². The van der Waals surface area contributed by atoms with Gasteiger partial charge in [0.25, 0.3) is 0 Å². The topological polar surface area (TPSA) is 61.4 Å². The van der Waals surface area contributed by atoms with E-state index in [1.54, 1.807) is 6.20 Å². The minimum atomic E-state index is -0.275. The van der Waals surface area contributed by atoms with Crippen molar-refractivity contribution in [1.82, 2.24) is 10.6 Å². The van der Waals surface area contributed by atoms with Crippen molar-refractivity contribution in [1.29, 1.82) is 0 Å². The number of carbonyl (C=O) groups is 1. The molecule has 0 aliphatic heterocycles. The monoisotopic (exact) mass is 200 g/mol. The van der Waals surface area contributed by atoms with Gasteiger partial charge in [-0.15, -0.1) is 0 Å². The van der Waals surface area contributed by atoms with Crippen LogP contribution >= 0.6 is 0 Å². The van der Waals surface area contributed by atoms with Gasteiger partial charge < -0.3 is 15.7 Å². The molecule has 1 unspecified atom stereocenters. The predicted octanol–water partition coefficient (Wildman–Crippen LogP) is 1.23. The third kappa shape index (κ3) is 6.48. The first kappa shape index (κ1) is 13.0. The second kappa shape index (κ2) is 7.38. The standard InChI is InChI=1S/C10H20N2O2/c1-4-9(7-13)12-10(14)11-6-5-8(2)3/h5-6,8-9,13H,4,7H2,1-3H3,(H2,11,12,14)/b6-5+. The zero-order valence-corrected chi connectivity index (χ0v) is 9.08. The Morgan fingerprint density at radius 2 is 2.14 bits per heavy atom. The van der Waals surface area contributed by atoms with Crippen molar-refractivity contribution in [2.45, 2.75) is 33.2 Å². The smallest absolute Gasteiger partial charge is 0.319 e. The van der Waals surface area contributed by atoms with E-state index < -0.39 is 0 Å². The molecule has 4 heteroatoms. The maximum Gasteiger partial charge on any atom is 0.319 e. The van der Waals surface area contributed by atoms with Gasteiger partial charge in [-0.1, -0.05) is 26.8 Å². The third-order valence-electron chi connectivity index (χ3n) is 1.74. The van der Waals surface area contributed by atoms with Crippen molar-refractivity contribution in [2.75, 3.05) is 6.61 Å². The lowest BCUT2D eigenvalue weighted by Gasteiger charge is -2.13. The highest BCUT2D eigenvalue weighted by molar-refractivity contribution is 5.75. The molecule has 0 fully saturated rings. The van der Waals surface area contributed by atoms with Gasteiger partial charge >= 0.3 is 6.03 Å². The van der Waals surface area contributed by atoms with Crippen LogP contribution in [0.2, 0.25) is 0 Å². The number of allylic oxidation sites excluding steroid dienone is 1. The van der Waals surface area contributed by atoms with E-state index in [1.807, 2.05) is 26.8 Å². The molecule has 82 valence electrons. The first-order valence-corrected chi connectivity index (χ1v) is 4.94. The molecule has 4 nitrogen and oxygen atoms in total. The normalized spacial score (nSPS) is 13.2. The quantitative estimate of drug-likeness (QED) is 0.625. The van der Waals surface area contributed by atoms with E-state index in [9.17, 15) is 4.79 Å². The Labute approximate surface area is 85.4 Å². The lowest BCUT2D eigenvalue weighted by atomic mass is 10.2. The SMILES string of the molecule is CCC(CO)NC(=O)N/C=C/C(C)C. The number of hydrogen-bond donors (Lipinski definition) is 3. The maximum atomic E-state index is 11.2. The molecule has 0 aliphatic rings. The van der Waals surface area contributed by atoms with Crippen molar-refractivity contribution < 1.29 is 9.90 Å². The number of hydrogen-bond acceptors (Lipinski definition) is 2. The van der Waals surface area contributed by atoms with Gasteiger partial charge in [0.05, 0.1) is 12.6 Å². The number of aliphatic hydroxyl groups is 1. The van der Waals surface area contributed by atoms with E-state index in [4.69, 9.17) is 5.11 Å². The van der Waals surface area contributed by atoms with Crippen molar-refractivity contribution in [2.24, 2.45) is 5.92 Å². The molecule has 0 rings (SSSR count). The van der Waals surface area contributed by atoms with Crippen LogP contribution in [0.4, 0.5) is 4.79 Å². The second-order valence-electron chi connectivity index (χ2n) is 3.51. The Morgan fingerprint density at radius 1 is 1.50 bits per heavy atom. The summed E-state index contributed by atoms with van der Waals surface area (Å²) in [6.45, 7) is 5.93. The molecular formula is C10H20N2O2. The molecule has 0 spiro atoms. The predicted molar refractivity (Wildman–Crippen MR) is 56.8 cm³/mol. The molecule has 0 radical (unpaired) electrons. The first-order chi connectivity index (χ1) is 6.60. The fraction of sp³-hybridized carbons (Fsp3) is 0.700. The van der Waals surface area contributed by atoms with Gasteiger partial charge in [0.15, 0.2) is 0 Å². The summed E-state index contributed by atoms with van der Waals surface area (Å²) in [4.78, 5) is 11.2. The molecule has 0 aromatic carbocycles. The van der Waals surface area contributed by atoms with Crippen LogP contribution in [0, 0.1) is 5.92 Å². The highest BCUT2D eigenvalue weighted by Crippen LogP contribution is 1.91. The molecule has 0 aromatic rings. The summed E-state index contributed by atoms with van der Waals surface area (Å²) in [6, 6.07) is -0.440. The lowest BCUT2D eigenvalue weighted by molar-refractivity contribution is 0.217. The average molecular weight is 200 g/mol. The number of nitrogens with one attached hydrogen (secondary N) is 2. The van der Waals surface area contributed by atoms with Gasteiger partial charge in [-0.3, -0.25) is 0 Å². The number of carbonyl (C=O) groups excluding carboxylic acids is 1. The van der Waals surface area contributed by atoms with Crippen molar-refractivity contribution >= 4 is 6.03 Å². The summed E-state index contributed by atoms with van der Waals surface area (Å²) in [5.74, 6) is 0.412. The molecule has 0 saturated carbocycles. The minimum absolute atomic E-state index is 0.0299. The van der Waals surface area contributed by atoms with E-state index >= 15 is 0 Å². The Hall–Kier alpha value is -1.03. The van der Waals surface area contributed by atoms with Crippen LogP contribution in [-0.2, 0) is 0 Å². The van der Waals surface area contributed by atoms with Gasteiger partial charge in [-0.25, -0.2) is 4.79 Å². The largest absolute Gasteiger partial charge is 0.394 e. The molecule has 0 aromatic heterocycles. The summed E-state index contributed by atoms with van der Waals surface area (Å²) >= 11 is 0. The summed E-state index contributed by atoms with van der Waals surface area (Å²) < 4.78 is 0. The fourth-order valence-corrected chi connectivity index (χ4v) is 0.820. The summed E-state index contributed by atoms with van der Waals surface area (Å²) in [5.41, 5.74) is 0. The van der Waals surface area contributed by atoms with Gasteiger partial charge in [0.1, 0.15) is 0 Å². The lowest BCUT2D eigenvalue weighted by Crippen LogP contribution is -2.41. The summed E-state index contributed by atoms with van der Waals surface area (Å²) in [7, 11) is 0. The Kier molecular flexibility index (Phi) is 6.84. The van der Waals surface area contributed by atoms with Crippen LogP contribution in [0.25, 0.3) is 0 Å². The van der Waals surface area contributed by atoms with E-state index in [-0.39, 0.29) is 18.7 Å². The van der Waals surface area contributed by atoms with E-state index in [1.165, 1.54) is 0 Å². The van der Waals surface area contributed by atoms with Crippen LogP contribution < -0.4 is 10.6 Å². The van der Waals surface area contributed by atoms with Crippen LogP contribution in [0.15, 0.2) is 12.3 Å². The van der Waals surface area contributed by atoms with Gasteiger partial charge in [0, 0.05) is 6.20 Å². The number of aliphatic hydroxyl groups excluding tert-OH is 1. The van der Waals surface area contributed by atoms with Crippen molar-refractivity contribution in [3.63, 3.8) is 0 Å². The Balaban J connectivity index is 3.75. The van der Waals surface area contributed by atoms with Crippen LogP contribution in [-0.4, -0.2) is 23.8 Å². The zero-order chi connectivity index (χ0) is 11.0. The number of rotatable bonds is 5. The molecule has 0 bridgehead atoms. The Morgan fingerprint density at radius 3 is 2.57 bits per heavy atom. The fourth-order valence-electron chi connectivity index (χ4n) is 0.820. The van der Waals surface area contributed by atoms with Gasteiger partial charge in [-0.05, 0) is 12.3 Å². The van der Waals surface area contributed by atoms with Gasteiger partial charge in [-0.2, -0.15) is 0 Å². The second-order valence-corrected chi connectivity index (χ2v) is 3.51. The van der Waals surface area contributed by atoms with Gasteiger partial charge in [0.2, 0.25) is 0 Å². The van der Waals surface area contributed by atoms with E-state index in [0.717, 1.165) is 6.42 Å². The van der Waals surface area contributed by atoms with Crippen LogP contribution in [0.5, 0.6) is 0 Å². The summed E-state index contributed by atoms with van der Waals surface area (Å²) in [6.07, 6.45) is 4.22. The number of urea groups is 1. The summed E-state index contributed by atoms with van der Waals surface area (Å²) in [5, 5.41) is 14.0. The van der Waals surface area contributed by atoms with E-state index in [0.29, 0.717) is 5.92 Å². The first-order valence-electron chi connectivity index (χ1n) is 4.94. The number of amides is 2. The molecule has 3 N–H and O–H groups in total. The molecular weight excluding hydrogens is 180 g/mol. The molecule has 0 saturated heterocycles. The van der Waals surface area contributed by atoms with Crippen LogP contribution in [0.3, 0.4) is 0 Å². The molecule has 0 heterocycles. The minimum Gasteiger partial charge on any atom is -0.394 e. The average Bonchev–Trinajstić information content (AvgIpc) is 2.13.